The lowest BCUT2D eigenvalue weighted by Gasteiger charge is -2.18. The highest BCUT2D eigenvalue weighted by atomic mass is 31.2. The van der Waals surface area contributed by atoms with Gasteiger partial charge in [-0.3, -0.25) is 4.79 Å². The van der Waals surface area contributed by atoms with E-state index in [2.05, 4.69) is 4.98 Å². The van der Waals surface area contributed by atoms with E-state index in [0.29, 0.717) is 19.0 Å². The average molecular weight is 353 g/mol. The fourth-order valence-corrected chi connectivity index (χ4v) is 3.67. The predicted molar refractivity (Wildman–Crippen MR) is 100 cm³/mol. The second-order valence-electron chi connectivity index (χ2n) is 5.53. The molecule has 128 valence electrons. The van der Waals surface area contributed by atoms with E-state index >= 15 is 0 Å². The molecule has 3 rings (SSSR count). The number of nitrogens with one attached hydrogen (secondary N) is 1. The van der Waals surface area contributed by atoms with Gasteiger partial charge >= 0.3 is 0 Å². The van der Waals surface area contributed by atoms with Crippen LogP contribution in [0.25, 0.3) is 0 Å². The van der Waals surface area contributed by atoms with Gasteiger partial charge in [-0.1, -0.05) is 36.4 Å². The minimum absolute atomic E-state index is 0.170. The summed E-state index contributed by atoms with van der Waals surface area (Å²) >= 11 is 0. The van der Waals surface area contributed by atoms with Crippen LogP contribution in [0.2, 0.25) is 0 Å². The lowest BCUT2D eigenvalue weighted by Crippen LogP contribution is -2.08. The van der Waals surface area contributed by atoms with Gasteiger partial charge in [0.05, 0.1) is 0 Å². The maximum absolute atomic E-state index is 12.2. The molecule has 0 atom stereocenters. The first-order valence-electron chi connectivity index (χ1n) is 8.17. The highest BCUT2D eigenvalue weighted by Crippen LogP contribution is 2.40. The van der Waals surface area contributed by atoms with Gasteiger partial charge in [-0.25, -0.2) is 0 Å². The van der Waals surface area contributed by atoms with Crippen molar-refractivity contribution >= 4 is 14.2 Å². The van der Waals surface area contributed by atoms with Gasteiger partial charge in [-0.2, -0.15) is 0 Å². The predicted octanol–water partition coefficient (Wildman–Crippen LogP) is 4.99. The summed E-state index contributed by atoms with van der Waals surface area (Å²) in [5.74, 6) is 1.67. The van der Waals surface area contributed by atoms with Crippen LogP contribution in [-0.2, 0) is 11.2 Å². The van der Waals surface area contributed by atoms with Crippen molar-refractivity contribution < 1.29 is 13.8 Å². The molecule has 0 amide bonds. The van der Waals surface area contributed by atoms with Gasteiger partial charge in [0.15, 0.2) is 0 Å². The summed E-state index contributed by atoms with van der Waals surface area (Å²) < 4.78 is 12.0. The van der Waals surface area contributed by atoms with Crippen LogP contribution < -0.4 is 9.05 Å². The normalized spacial score (nSPS) is 10.6. The van der Waals surface area contributed by atoms with Crippen molar-refractivity contribution in [3.8, 4) is 11.5 Å². The number of carbonyl (C=O) groups is 1. The van der Waals surface area contributed by atoms with Crippen molar-refractivity contribution in [2.45, 2.75) is 12.8 Å². The van der Waals surface area contributed by atoms with Crippen LogP contribution in [-0.4, -0.2) is 16.9 Å². The molecular weight excluding hydrogens is 333 g/mol. The topological polar surface area (TPSA) is 51.3 Å². The molecule has 1 aromatic heterocycles. The van der Waals surface area contributed by atoms with E-state index in [0.717, 1.165) is 17.2 Å². The lowest BCUT2D eigenvalue weighted by atomic mass is 10.2. The van der Waals surface area contributed by atoms with E-state index in [4.69, 9.17) is 9.05 Å². The number of aromatic nitrogens is 1. The summed E-state index contributed by atoms with van der Waals surface area (Å²) in [7, 11) is -1.24. The number of rotatable bonds is 9. The summed E-state index contributed by atoms with van der Waals surface area (Å²) in [6.07, 6.45) is 3.21. The molecule has 25 heavy (non-hydrogen) atoms. The van der Waals surface area contributed by atoms with Crippen LogP contribution in [0.3, 0.4) is 0 Å². The molecule has 0 bridgehead atoms. The van der Waals surface area contributed by atoms with E-state index in [1.165, 1.54) is 0 Å². The first-order chi connectivity index (χ1) is 12.3. The fraction of sp³-hybridized carbons (Fsp3) is 0.150. The molecular formula is C20H20NO3P. The average Bonchev–Trinajstić information content (AvgIpc) is 3.14. The Morgan fingerprint density at radius 2 is 1.44 bits per heavy atom. The number of carbonyl (C=O) groups excluding carboxylic acids is 1. The Hall–Kier alpha value is -2.58. The van der Waals surface area contributed by atoms with E-state index in [1.54, 1.807) is 0 Å². The van der Waals surface area contributed by atoms with E-state index in [-0.39, 0.29) is 5.78 Å². The first kappa shape index (κ1) is 17.2. The molecule has 0 saturated carbocycles. The Labute approximate surface area is 148 Å². The van der Waals surface area contributed by atoms with Crippen molar-refractivity contribution in [3.63, 3.8) is 0 Å². The molecule has 1 N–H and O–H groups in total. The Balaban J connectivity index is 1.60. The monoisotopic (exact) mass is 353 g/mol. The second-order valence-corrected chi connectivity index (χ2v) is 7.00. The van der Waals surface area contributed by atoms with E-state index in [1.807, 2.05) is 79.0 Å². The quantitative estimate of drug-likeness (QED) is 0.552. The smallest absolute Gasteiger partial charge is 0.290 e. The van der Waals surface area contributed by atoms with Crippen LogP contribution in [0.4, 0.5) is 0 Å². The number of ketones is 1. The van der Waals surface area contributed by atoms with Crippen molar-refractivity contribution in [3.05, 3.63) is 84.7 Å². The van der Waals surface area contributed by atoms with Crippen molar-refractivity contribution in [1.82, 2.24) is 4.98 Å². The Bertz CT molecular complexity index is 719. The van der Waals surface area contributed by atoms with Crippen LogP contribution in [0, 0.1) is 0 Å². The molecule has 0 aliphatic heterocycles. The molecule has 0 spiro atoms. The number of benzene rings is 2. The zero-order valence-electron chi connectivity index (χ0n) is 13.8. The molecule has 5 heteroatoms. The lowest BCUT2D eigenvalue weighted by molar-refractivity contribution is -0.118. The molecule has 0 radical (unpaired) electrons. The number of aromatic amines is 1. The largest absolute Gasteiger partial charge is 0.439 e. The van der Waals surface area contributed by atoms with Gasteiger partial charge in [0.2, 0.25) is 0 Å². The highest BCUT2D eigenvalue weighted by molar-refractivity contribution is 7.48. The van der Waals surface area contributed by atoms with Crippen LogP contribution in [0.1, 0.15) is 12.1 Å². The Morgan fingerprint density at radius 1 is 0.840 bits per heavy atom. The Morgan fingerprint density at radius 3 is 1.96 bits per heavy atom. The third-order valence-corrected chi connectivity index (χ3v) is 4.94. The minimum atomic E-state index is -1.24. The number of hydrogen-bond donors (Lipinski definition) is 1. The standard InChI is InChI=1S/C20H20NO3P/c22-18(16-17-8-7-14-21-17)13-15-25(23-19-9-3-1-4-10-19)24-20-11-5-2-6-12-20/h1-12,14,21H,13,15-16H2. The zero-order chi connectivity index (χ0) is 17.3. The first-order valence-corrected chi connectivity index (χ1v) is 9.53. The SMILES string of the molecule is O=C(CCP(Oc1ccccc1)Oc1ccccc1)Cc1ccc[nH]1. The van der Waals surface area contributed by atoms with Gasteiger partial charge in [0.25, 0.3) is 8.38 Å². The summed E-state index contributed by atoms with van der Waals surface area (Å²) in [6, 6.07) is 22.9. The number of H-pyrrole nitrogens is 1. The van der Waals surface area contributed by atoms with Gasteiger partial charge in [-0.05, 0) is 36.4 Å². The zero-order valence-corrected chi connectivity index (χ0v) is 14.7. The molecule has 0 unspecified atom stereocenters. The second kappa shape index (κ2) is 9.05. The number of Topliss-reactive ketones (excluding diaryl/α,β-unsaturated/α-hetero) is 1. The highest BCUT2D eigenvalue weighted by Gasteiger charge is 2.17. The third-order valence-electron chi connectivity index (χ3n) is 3.52. The maximum atomic E-state index is 12.2. The maximum Gasteiger partial charge on any atom is 0.290 e. The minimum Gasteiger partial charge on any atom is -0.439 e. The van der Waals surface area contributed by atoms with Gasteiger partial charge in [0.1, 0.15) is 17.3 Å². The molecule has 0 saturated heterocycles. The summed E-state index contributed by atoms with van der Waals surface area (Å²) in [4.78, 5) is 15.3. The van der Waals surface area contributed by atoms with Crippen LogP contribution >= 0.6 is 8.38 Å². The molecule has 2 aromatic carbocycles. The summed E-state index contributed by atoms with van der Waals surface area (Å²) in [5, 5.41) is 0. The molecule has 4 nitrogen and oxygen atoms in total. The van der Waals surface area contributed by atoms with Crippen molar-refractivity contribution in [2.24, 2.45) is 0 Å². The third kappa shape index (κ3) is 5.77. The van der Waals surface area contributed by atoms with Crippen molar-refractivity contribution in [1.29, 1.82) is 0 Å². The van der Waals surface area contributed by atoms with Crippen molar-refractivity contribution in [2.75, 3.05) is 6.16 Å². The van der Waals surface area contributed by atoms with E-state index < -0.39 is 8.38 Å². The van der Waals surface area contributed by atoms with Gasteiger partial charge in [0, 0.05) is 30.9 Å². The number of para-hydroxylation sites is 2. The molecule has 1 heterocycles. The molecule has 0 aliphatic carbocycles. The summed E-state index contributed by atoms with van der Waals surface area (Å²) in [5.41, 5.74) is 0.933. The molecule has 0 fully saturated rings. The molecule has 3 aromatic rings. The van der Waals surface area contributed by atoms with E-state index in [9.17, 15) is 4.79 Å². The fourth-order valence-electron chi connectivity index (χ4n) is 2.30. The Kier molecular flexibility index (Phi) is 6.24. The van der Waals surface area contributed by atoms with Gasteiger partial charge in [-0.15, -0.1) is 0 Å². The van der Waals surface area contributed by atoms with Crippen LogP contribution in [0.15, 0.2) is 79.0 Å². The number of hydrogen-bond acceptors (Lipinski definition) is 3. The summed E-state index contributed by atoms with van der Waals surface area (Å²) in [6.45, 7) is 0. The molecule has 0 aliphatic rings. The van der Waals surface area contributed by atoms with Gasteiger partial charge < -0.3 is 14.0 Å². The van der Waals surface area contributed by atoms with Crippen LogP contribution in [0.5, 0.6) is 11.5 Å².